The van der Waals surface area contributed by atoms with E-state index in [1.54, 1.807) is 0 Å². The van der Waals surface area contributed by atoms with E-state index in [4.69, 9.17) is 10.5 Å². The van der Waals surface area contributed by atoms with E-state index in [1.165, 1.54) is 5.56 Å². The molecule has 0 aliphatic carbocycles. The second-order valence-corrected chi connectivity index (χ2v) is 5.87. The van der Waals surface area contributed by atoms with E-state index in [0.29, 0.717) is 5.92 Å². The summed E-state index contributed by atoms with van der Waals surface area (Å²) < 4.78 is 6.03. The minimum atomic E-state index is 0.102. The van der Waals surface area contributed by atoms with Crippen molar-refractivity contribution >= 4 is 0 Å². The molecule has 112 valence electrons. The number of nitrogens with two attached hydrogens (primary N) is 1. The molecular formula is C19H25NO. The van der Waals surface area contributed by atoms with Crippen molar-refractivity contribution in [3.05, 3.63) is 59.2 Å². The largest absolute Gasteiger partial charge is 0.457 e. The van der Waals surface area contributed by atoms with Crippen molar-refractivity contribution in [2.75, 3.05) is 0 Å². The van der Waals surface area contributed by atoms with E-state index in [1.807, 2.05) is 24.3 Å². The second kappa shape index (κ2) is 6.77. The van der Waals surface area contributed by atoms with Gasteiger partial charge in [0, 0.05) is 6.04 Å². The van der Waals surface area contributed by atoms with Crippen LogP contribution in [-0.4, -0.2) is 0 Å². The molecule has 1 atom stereocenters. The summed E-state index contributed by atoms with van der Waals surface area (Å²) in [5.74, 6) is 2.28. The van der Waals surface area contributed by atoms with E-state index in [2.05, 4.69) is 45.9 Å². The summed E-state index contributed by atoms with van der Waals surface area (Å²) in [6, 6.07) is 14.6. The van der Waals surface area contributed by atoms with Crippen LogP contribution in [0.1, 0.15) is 55.8 Å². The highest BCUT2D eigenvalue weighted by Gasteiger charge is 2.07. The molecule has 2 rings (SSSR count). The summed E-state index contributed by atoms with van der Waals surface area (Å²) in [5, 5.41) is 0. The fourth-order valence-electron chi connectivity index (χ4n) is 2.23. The third-order valence-corrected chi connectivity index (χ3v) is 3.85. The average Bonchev–Trinajstić information content (AvgIpc) is 2.49. The molecule has 0 saturated heterocycles. The van der Waals surface area contributed by atoms with Crippen LogP contribution in [0.2, 0.25) is 0 Å². The fraction of sp³-hybridized carbons (Fsp3) is 0.368. The van der Waals surface area contributed by atoms with Crippen LogP contribution in [0.15, 0.2) is 42.5 Å². The average molecular weight is 283 g/mol. The summed E-state index contributed by atoms with van der Waals surface area (Å²) in [4.78, 5) is 0. The first-order valence-corrected chi connectivity index (χ1v) is 7.65. The quantitative estimate of drug-likeness (QED) is 0.806. The van der Waals surface area contributed by atoms with Gasteiger partial charge in [-0.25, -0.2) is 0 Å². The predicted octanol–water partition coefficient (Wildman–Crippen LogP) is 5.32. The van der Waals surface area contributed by atoms with Gasteiger partial charge in [0.05, 0.1) is 0 Å². The molecule has 0 unspecified atom stereocenters. The van der Waals surface area contributed by atoms with Gasteiger partial charge in [-0.15, -0.1) is 0 Å². The Morgan fingerprint density at radius 2 is 1.62 bits per heavy atom. The van der Waals surface area contributed by atoms with Crippen molar-refractivity contribution in [3.8, 4) is 11.5 Å². The number of hydrogen-bond acceptors (Lipinski definition) is 2. The van der Waals surface area contributed by atoms with E-state index in [-0.39, 0.29) is 6.04 Å². The molecule has 2 heteroatoms. The number of rotatable bonds is 5. The van der Waals surface area contributed by atoms with Crippen LogP contribution in [0.4, 0.5) is 0 Å². The maximum atomic E-state index is 6.03. The molecule has 2 N–H and O–H groups in total. The zero-order valence-electron chi connectivity index (χ0n) is 13.4. The zero-order valence-corrected chi connectivity index (χ0v) is 13.4. The highest BCUT2D eigenvalue weighted by atomic mass is 16.5. The van der Waals surface area contributed by atoms with Crippen LogP contribution in [0.3, 0.4) is 0 Å². The normalized spacial score (nSPS) is 12.5. The molecule has 2 aromatic carbocycles. The Morgan fingerprint density at radius 1 is 1.00 bits per heavy atom. The van der Waals surface area contributed by atoms with Gasteiger partial charge in [0.1, 0.15) is 11.5 Å². The van der Waals surface area contributed by atoms with Gasteiger partial charge in [-0.2, -0.15) is 0 Å². The fourth-order valence-corrected chi connectivity index (χ4v) is 2.23. The number of aryl methyl sites for hydroxylation is 1. The summed E-state index contributed by atoms with van der Waals surface area (Å²) in [6.07, 6.45) is 0.940. The molecule has 0 fully saturated rings. The molecule has 0 aromatic heterocycles. The van der Waals surface area contributed by atoms with Crippen LogP contribution < -0.4 is 10.5 Å². The molecule has 0 amide bonds. The van der Waals surface area contributed by atoms with Gasteiger partial charge < -0.3 is 10.5 Å². The van der Waals surface area contributed by atoms with Gasteiger partial charge in [-0.05, 0) is 54.2 Å². The van der Waals surface area contributed by atoms with Crippen LogP contribution in [0.5, 0.6) is 11.5 Å². The lowest BCUT2D eigenvalue weighted by molar-refractivity contribution is 0.477. The van der Waals surface area contributed by atoms with E-state index >= 15 is 0 Å². The van der Waals surface area contributed by atoms with Gasteiger partial charge in [0.25, 0.3) is 0 Å². The zero-order chi connectivity index (χ0) is 15.4. The van der Waals surface area contributed by atoms with Gasteiger partial charge >= 0.3 is 0 Å². The number of benzene rings is 2. The van der Waals surface area contributed by atoms with Crippen molar-refractivity contribution in [1.82, 2.24) is 0 Å². The Hall–Kier alpha value is -1.80. The topological polar surface area (TPSA) is 35.2 Å². The molecule has 2 nitrogen and oxygen atoms in total. The van der Waals surface area contributed by atoms with Gasteiger partial charge in [-0.3, -0.25) is 0 Å². The molecule has 0 saturated carbocycles. The van der Waals surface area contributed by atoms with Crippen LogP contribution in [0.25, 0.3) is 0 Å². The summed E-state index contributed by atoms with van der Waals surface area (Å²) >= 11 is 0. The summed E-state index contributed by atoms with van der Waals surface area (Å²) in [5.41, 5.74) is 9.62. The second-order valence-electron chi connectivity index (χ2n) is 5.87. The Bertz CT molecular complexity index is 587. The Labute approximate surface area is 127 Å². The van der Waals surface area contributed by atoms with Crippen LogP contribution in [0, 0.1) is 6.92 Å². The highest BCUT2D eigenvalue weighted by molar-refractivity contribution is 5.41. The molecule has 2 aromatic rings. The van der Waals surface area contributed by atoms with Crippen LogP contribution in [-0.2, 0) is 0 Å². The van der Waals surface area contributed by atoms with Crippen molar-refractivity contribution in [2.45, 2.75) is 46.1 Å². The number of ether oxygens (including phenoxy) is 1. The molecule has 21 heavy (non-hydrogen) atoms. The SMILES string of the molecule is CC[C@@H](N)c1ccc(Oc2cc(C(C)C)ccc2C)cc1. The van der Waals surface area contributed by atoms with Crippen molar-refractivity contribution in [1.29, 1.82) is 0 Å². The summed E-state index contributed by atoms with van der Waals surface area (Å²) in [7, 11) is 0. The predicted molar refractivity (Wildman–Crippen MR) is 89.0 cm³/mol. The maximum absolute atomic E-state index is 6.03. The first-order chi connectivity index (χ1) is 10.0. The van der Waals surface area contributed by atoms with Crippen molar-refractivity contribution < 1.29 is 4.74 Å². The van der Waals surface area contributed by atoms with Crippen LogP contribution >= 0.6 is 0 Å². The van der Waals surface area contributed by atoms with E-state index < -0.39 is 0 Å². The summed E-state index contributed by atoms with van der Waals surface area (Å²) in [6.45, 7) is 8.54. The van der Waals surface area contributed by atoms with Crippen molar-refractivity contribution in [3.63, 3.8) is 0 Å². The molecular weight excluding hydrogens is 258 g/mol. The van der Waals surface area contributed by atoms with Gasteiger partial charge in [0.2, 0.25) is 0 Å². The third-order valence-electron chi connectivity index (χ3n) is 3.85. The molecule has 0 aliphatic heterocycles. The molecule has 0 aliphatic rings. The van der Waals surface area contributed by atoms with Gasteiger partial charge in [-0.1, -0.05) is 45.0 Å². The molecule has 0 bridgehead atoms. The first-order valence-electron chi connectivity index (χ1n) is 7.65. The van der Waals surface area contributed by atoms with Crippen molar-refractivity contribution in [2.24, 2.45) is 5.73 Å². The first kappa shape index (κ1) is 15.6. The number of hydrogen-bond donors (Lipinski definition) is 1. The Kier molecular flexibility index (Phi) is 5.03. The molecule has 0 spiro atoms. The minimum Gasteiger partial charge on any atom is -0.457 e. The van der Waals surface area contributed by atoms with Gasteiger partial charge in [0.15, 0.2) is 0 Å². The smallest absolute Gasteiger partial charge is 0.130 e. The third kappa shape index (κ3) is 3.85. The molecule has 0 radical (unpaired) electrons. The lowest BCUT2D eigenvalue weighted by atomic mass is 10.0. The Balaban J connectivity index is 2.20. The van der Waals surface area contributed by atoms with E-state index in [0.717, 1.165) is 29.0 Å². The minimum absolute atomic E-state index is 0.102. The maximum Gasteiger partial charge on any atom is 0.130 e. The van der Waals surface area contributed by atoms with E-state index in [9.17, 15) is 0 Å². The molecule has 0 heterocycles. The Morgan fingerprint density at radius 3 is 2.19 bits per heavy atom. The monoisotopic (exact) mass is 283 g/mol. The lowest BCUT2D eigenvalue weighted by Gasteiger charge is -2.14. The lowest BCUT2D eigenvalue weighted by Crippen LogP contribution is -2.08. The highest BCUT2D eigenvalue weighted by Crippen LogP contribution is 2.29. The standard InChI is InChI=1S/C19H25NO/c1-5-18(20)15-8-10-17(11-9-15)21-19-12-16(13(2)3)7-6-14(19)4/h6-13,18H,5,20H2,1-4H3/t18-/m1/s1.